The number of carbonyl (C=O) groups is 1. The van der Waals surface area contributed by atoms with Gasteiger partial charge >= 0.3 is 5.97 Å². The number of nitrogens with zero attached hydrogens (tertiary/aromatic N) is 1. The standard InChI is InChI=1S/C11H13ClN2O3/c1-16-9-4-3-7(11(15)17-2)5-8(9)14-10(13)6-12/h3-5H,6H2,1-2H3,(H2,13,14). The van der Waals surface area contributed by atoms with Crippen molar-refractivity contribution in [1.29, 1.82) is 0 Å². The monoisotopic (exact) mass is 256 g/mol. The largest absolute Gasteiger partial charge is 0.494 e. The van der Waals surface area contributed by atoms with E-state index < -0.39 is 5.97 Å². The molecule has 0 fully saturated rings. The van der Waals surface area contributed by atoms with Crippen LogP contribution in [-0.4, -0.2) is 31.9 Å². The van der Waals surface area contributed by atoms with Crippen LogP contribution >= 0.6 is 11.6 Å². The van der Waals surface area contributed by atoms with Crippen LogP contribution in [0.4, 0.5) is 5.69 Å². The summed E-state index contributed by atoms with van der Waals surface area (Å²) >= 11 is 5.54. The number of benzene rings is 1. The average molecular weight is 257 g/mol. The Hall–Kier alpha value is -1.75. The van der Waals surface area contributed by atoms with E-state index in [2.05, 4.69) is 9.73 Å². The minimum Gasteiger partial charge on any atom is -0.494 e. The van der Waals surface area contributed by atoms with Gasteiger partial charge in [0.2, 0.25) is 0 Å². The zero-order chi connectivity index (χ0) is 12.8. The molecule has 0 heterocycles. The first-order valence-corrected chi connectivity index (χ1v) is 5.31. The van der Waals surface area contributed by atoms with E-state index in [0.29, 0.717) is 17.0 Å². The molecule has 0 aliphatic rings. The maximum atomic E-state index is 11.4. The van der Waals surface area contributed by atoms with Gasteiger partial charge in [-0.3, -0.25) is 0 Å². The van der Waals surface area contributed by atoms with Crippen LogP contribution in [0.25, 0.3) is 0 Å². The molecule has 92 valence electrons. The lowest BCUT2D eigenvalue weighted by Crippen LogP contribution is -2.12. The second-order valence-corrected chi connectivity index (χ2v) is 3.38. The molecule has 1 aromatic carbocycles. The number of methoxy groups -OCH3 is 2. The third kappa shape index (κ3) is 3.35. The molecule has 2 N–H and O–H groups in total. The van der Waals surface area contributed by atoms with Crippen LogP contribution in [0.3, 0.4) is 0 Å². The third-order valence-corrected chi connectivity index (χ3v) is 2.27. The highest BCUT2D eigenvalue weighted by Crippen LogP contribution is 2.28. The molecule has 0 radical (unpaired) electrons. The molecular weight excluding hydrogens is 244 g/mol. The van der Waals surface area contributed by atoms with Crippen molar-refractivity contribution < 1.29 is 14.3 Å². The molecule has 0 spiro atoms. The van der Waals surface area contributed by atoms with Crippen molar-refractivity contribution in [2.75, 3.05) is 20.1 Å². The Morgan fingerprint density at radius 2 is 2.18 bits per heavy atom. The van der Waals surface area contributed by atoms with Crippen molar-refractivity contribution in [3.63, 3.8) is 0 Å². The van der Waals surface area contributed by atoms with Gasteiger partial charge in [-0.1, -0.05) is 0 Å². The maximum Gasteiger partial charge on any atom is 0.337 e. The van der Waals surface area contributed by atoms with Crippen LogP contribution in [0.15, 0.2) is 23.2 Å². The molecule has 0 saturated heterocycles. The van der Waals surface area contributed by atoms with Crippen molar-refractivity contribution in [3.05, 3.63) is 23.8 Å². The molecule has 5 nitrogen and oxygen atoms in total. The molecule has 6 heteroatoms. The molecule has 1 rings (SSSR count). The highest BCUT2D eigenvalue weighted by molar-refractivity contribution is 6.28. The number of nitrogens with two attached hydrogens (primary N) is 1. The zero-order valence-electron chi connectivity index (χ0n) is 9.57. The van der Waals surface area contributed by atoms with Gasteiger partial charge < -0.3 is 15.2 Å². The molecular formula is C11H13ClN2O3. The van der Waals surface area contributed by atoms with Gasteiger partial charge in [-0.05, 0) is 18.2 Å². The topological polar surface area (TPSA) is 73.9 Å². The number of rotatable bonds is 4. The van der Waals surface area contributed by atoms with Gasteiger partial charge in [0.25, 0.3) is 0 Å². The van der Waals surface area contributed by atoms with E-state index in [4.69, 9.17) is 22.1 Å². The summed E-state index contributed by atoms with van der Waals surface area (Å²) in [6.45, 7) is 0. The second kappa shape index (κ2) is 6.10. The van der Waals surface area contributed by atoms with Gasteiger partial charge in [-0.15, -0.1) is 11.6 Å². The predicted molar refractivity (Wildman–Crippen MR) is 66.3 cm³/mol. The first-order valence-electron chi connectivity index (χ1n) is 4.77. The number of aliphatic imine (C=N–C) groups is 1. The molecule has 0 aliphatic heterocycles. The van der Waals surface area contributed by atoms with Crippen LogP contribution in [0.2, 0.25) is 0 Å². The Labute approximate surface area is 104 Å². The number of esters is 1. The third-order valence-electron chi connectivity index (χ3n) is 2.00. The minimum absolute atomic E-state index is 0.103. The highest BCUT2D eigenvalue weighted by Gasteiger charge is 2.10. The van der Waals surface area contributed by atoms with E-state index in [9.17, 15) is 4.79 Å². The van der Waals surface area contributed by atoms with Crippen molar-refractivity contribution >= 4 is 29.1 Å². The van der Waals surface area contributed by atoms with Gasteiger partial charge in [-0.25, -0.2) is 9.79 Å². The summed E-state index contributed by atoms with van der Waals surface area (Å²) in [5.41, 5.74) is 6.34. The SMILES string of the molecule is COC(=O)c1ccc(OC)c(N=C(N)CCl)c1. The lowest BCUT2D eigenvalue weighted by atomic mass is 10.2. The number of ether oxygens (including phenoxy) is 2. The van der Waals surface area contributed by atoms with Crippen molar-refractivity contribution in [3.8, 4) is 5.75 Å². The highest BCUT2D eigenvalue weighted by atomic mass is 35.5. The molecule has 0 aromatic heterocycles. The summed E-state index contributed by atoms with van der Waals surface area (Å²) in [5, 5.41) is 0. The summed E-state index contributed by atoms with van der Waals surface area (Å²) < 4.78 is 9.71. The van der Waals surface area contributed by atoms with Gasteiger partial charge in [-0.2, -0.15) is 0 Å². The van der Waals surface area contributed by atoms with Crippen molar-refractivity contribution in [2.45, 2.75) is 0 Å². The average Bonchev–Trinajstić information content (AvgIpc) is 2.37. The molecule has 0 saturated carbocycles. The van der Waals surface area contributed by atoms with Crippen molar-refractivity contribution in [1.82, 2.24) is 0 Å². The summed E-state index contributed by atoms with van der Waals surface area (Å²) in [7, 11) is 2.81. The molecule has 0 unspecified atom stereocenters. The Morgan fingerprint density at radius 1 is 1.47 bits per heavy atom. The Morgan fingerprint density at radius 3 is 2.71 bits per heavy atom. The van der Waals surface area contributed by atoms with Gasteiger partial charge in [0.15, 0.2) is 0 Å². The molecule has 17 heavy (non-hydrogen) atoms. The molecule has 1 aromatic rings. The van der Waals surface area contributed by atoms with Gasteiger partial charge in [0, 0.05) is 0 Å². The van der Waals surface area contributed by atoms with Gasteiger partial charge in [0.1, 0.15) is 17.3 Å². The lowest BCUT2D eigenvalue weighted by molar-refractivity contribution is 0.0600. The number of hydrogen-bond donors (Lipinski definition) is 1. The summed E-state index contributed by atoms with van der Waals surface area (Å²) in [6, 6.07) is 4.73. The van der Waals surface area contributed by atoms with Crippen LogP contribution in [0.5, 0.6) is 5.75 Å². The molecule has 0 aliphatic carbocycles. The normalized spacial score (nSPS) is 11.1. The van der Waals surface area contributed by atoms with Gasteiger partial charge in [0.05, 0.1) is 25.7 Å². The molecule has 0 bridgehead atoms. The lowest BCUT2D eigenvalue weighted by Gasteiger charge is -2.07. The Bertz CT molecular complexity index is 446. The van der Waals surface area contributed by atoms with Crippen LogP contribution in [0, 0.1) is 0 Å². The van der Waals surface area contributed by atoms with E-state index in [0.717, 1.165) is 0 Å². The van der Waals surface area contributed by atoms with E-state index in [-0.39, 0.29) is 11.7 Å². The van der Waals surface area contributed by atoms with E-state index in [1.807, 2.05) is 0 Å². The fourth-order valence-corrected chi connectivity index (χ4v) is 1.27. The van der Waals surface area contributed by atoms with Crippen LogP contribution in [0.1, 0.15) is 10.4 Å². The number of carbonyl (C=O) groups excluding carboxylic acids is 1. The van der Waals surface area contributed by atoms with Crippen molar-refractivity contribution in [2.24, 2.45) is 10.7 Å². The molecule has 0 atom stereocenters. The fraction of sp³-hybridized carbons (Fsp3) is 0.273. The predicted octanol–water partition coefficient (Wildman–Crippen LogP) is 1.71. The smallest absolute Gasteiger partial charge is 0.337 e. The summed E-state index contributed by atoms with van der Waals surface area (Å²) in [4.78, 5) is 15.4. The summed E-state index contributed by atoms with van der Waals surface area (Å²) in [6.07, 6.45) is 0. The quantitative estimate of drug-likeness (QED) is 0.385. The van der Waals surface area contributed by atoms with Crippen LogP contribution < -0.4 is 10.5 Å². The number of hydrogen-bond acceptors (Lipinski definition) is 4. The number of amidine groups is 1. The zero-order valence-corrected chi connectivity index (χ0v) is 10.3. The Kier molecular flexibility index (Phi) is 4.78. The number of halogens is 1. The summed E-state index contributed by atoms with van der Waals surface area (Å²) in [5.74, 6) is 0.400. The first kappa shape index (κ1) is 13.3. The van der Waals surface area contributed by atoms with E-state index in [1.165, 1.54) is 20.3 Å². The maximum absolute atomic E-state index is 11.4. The van der Waals surface area contributed by atoms with E-state index in [1.54, 1.807) is 12.1 Å². The fourth-order valence-electron chi connectivity index (χ4n) is 1.21. The minimum atomic E-state index is -0.450. The number of alkyl halides is 1. The molecule has 0 amide bonds. The van der Waals surface area contributed by atoms with E-state index >= 15 is 0 Å². The van der Waals surface area contributed by atoms with Crippen LogP contribution in [-0.2, 0) is 4.74 Å². The Balaban J connectivity index is 3.20. The second-order valence-electron chi connectivity index (χ2n) is 3.11. The first-order chi connectivity index (χ1) is 8.12.